The molecule has 0 aromatic heterocycles. The minimum absolute atomic E-state index is 0.202. The lowest BCUT2D eigenvalue weighted by molar-refractivity contribution is -0.136. The Morgan fingerprint density at radius 2 is 1.74 bits per heavy atom. The summed E-state index contributed by atoms with van der Waals surface area (Å²) in [4.78, 5) is 2.03. The van der Waals surface area contributed by atoms with Crippen LogP contribution in [0.3, 0.4) is 0 Å². The molecule has 19 heavy (non-hydrogen) atoms. The summed E-state index contributed by atoms with van der Waals surface area (Å²) >= 11 is 0. The topological polar surface area (TPSA) is 29.3 Å². The maximum absolute atomic E-state index is 12.8. The maximum atomic E-state index is 12.8. The van der Waals surface area contributed by atoms with Gasteiger partial charge in [-0.15, -0.1) is 0 Å². The molecule has 1 spiro atoms. The van der Waals surface area contributed by atoms with Crippen LogP contribution in [0, 0.1) is 5.41 Å². The fourth-order valence-corrected chi connectivity index (χ4v) is 3.37. The van der Waals surface area contributed by atoms with E-state index in [1.807, 2.05) is 4.90 Å². The van der Waals surface area contributed by atoms with E-state index in [9.17, 15) is 13.2 Å². The Hall–Kier alpha value is -1.39. The zero-order valence-corrected chi connectivity index (χ0v) is 10.6. The molecule has 1 aromatic carbocycles. The molecule has 1 aromatic rings. The van der Waals surface area contributed by atoms with Crippen molar-refractivity contribution < 1.29 is 13.2 Å². The predicted octanol–water partition coefficient (Wildman–Crippen LogP) is 3.67. The van der Waals surface area contributed by atoms with Crippen molar-refractivity contribution in [1.82, 2.24) is 0 Å². The van der Waals surface area contributed by atoms with E-state index in [0.29, 0.717) is 11.1 Å². The van der Waals surface area contributed by atoms with Gasteiger partial charge in [-0.25, -0.2) is 0 Å². The number of rotatable bonds is 1. The Bertz CT molecular complexity index is 482. The molecule has 1 aliphatic carbocycles. The molecule has 1 heterocycles. The number of halogens is 3. The molecule has 0 unspecified atom stereocenters. The third-order valence-corrected chi connectivity index (χ3v) is 4.42. The molecule has 104 valence electrons. The molecule has 0 radical (unpaired) electrons. The van der Waals surface area contributed by atoms with E-state index in [0.717, 1.165) is 13.1 Å². The second-order valence-electron chi connectivity index (χ2n) is 5.83. The van der Waals surface area contributed by atoms with Crippen LogP contribution in [0.5, 0.6) is 0 Å². The number of alkyl halides is 3. The zero-order chi connectivity index (χ0) is 13.7. The van der Waals surface area contributed by atoms with Gasteiger partial charge in [0.1, 0.15) is 0 Å². The third kappa shape index (κ3) is 2.15. The largest absolute Gasteiger partial charge is 0.418 e. The van der Waals surface area contributed by atoms with Crippen molar-refractivity contribution >= 4 is 11.4 Å². The van der Waals surface area contributed by atoms with Crippen LogP contribution in [0.2, 0.25) is 0 Å². The van der Waals surface area contributed by atoms with Crippen molar-refractivity contribution in [1.29, 1.82) is 0 Å². The fraction of sp³-hybridized carbons (Fsp3) is 0.571. The molecular formula is C14H17F3N2. The molecule has 2 fully saturated rings. The van der Waals surface area contributed by atoms with Gasteiger partial charge in [0.05, 0.1) is 5.56 Å². The molecule has 2 nitrogen and oxygen atoms in total. The normalized spacial score (nSPS) is 21.7. The van der Waals surface area contributed by atoms with E-state index in [-0.39, 0.29) is 5.69 Å². The van der Waals surface area contributed by atoms with Crippen LogP contribution in [-0.4, -0.2) is 13.1 Å². The van der Waals surface area contributed by atoms with Crippen LogP contribution in [0.25, 0.3) is 0 Å². The molecule has 0 atom stereocenters. The van der Waals surface area contributed by atoms with Crippen LogP contribution in [0.1, 0.15) is 31.2 Å². The number of benzene rings is 1. The first-order valence-electron chi connectivity index (χ1n) is 6.61. The summed E-state index contributed by atoms with van der Waals surface area (Å²) in [5.74, 6) is 0. The van der Waals surface area contributed by atoms with Crippen LogP contribution < -0.4 is 10.6 Å². The van der Waals surface area contributed by atoms with E-state index in [4.69, 9.17) is 5.73 Å². The highest BCUT2D eigenvalue weighted by atomic mass is 19.4. The highest BCUT2D eigenvalue weighted by molar-refractivity contribution is 5.61. The minimum atomic E-state index is -4.38. The Morgan fingerprint density at radius 3 is 2.32 bits per heavy atom. The summed E-state index contributed by atoms with van der Waals surface area (Å²) in [6, 6.07) is 4.22. The van der Waals surface area contributed by atoms with Crippen molar-refractivity contribution in [2.45, 2.75) is 31.9 Å². The van der Waals surface area contributed by atoms with Gasteiger partial charge in [0, 0.05) is 29.9 Å². The van der Waals surface area contributed by atoms with Crippen molar-refractivity contribution in [2.75, 3.05) is 23.7 Å². The van der Waals surface area contributed by atoms with Crippen LogP contribution in [-0.2, 0) is 6.18 Å². The molecule has 0 amide bonds. The monoisotopic (exact) mass is 270 g/mol. The molecule has 0 bridgehead atoms. The highest BCUT2D eigenvalue weighted by Crippen LogP contribution is 2.47. The molecular weight excluding hydrogens is 253 g/mol. The molecule has 5 heteroatoms. The van der Waals surface area contributed by atoms with E-state index in [1.54, 1.807) is 6.07 Å². The van der Waals surface area contributed by atoms with Crippen molar-refractivity contribution in [2.24, 2.45) is 5.41 Å². The molecule has 1 aliphatic heterocycles. The smallest absolute Gasteiger partial charge is 0.398 e. The van der Waals surface area contributed by atoms with E-state index in [1.165, 1.54) is 37.8 Å². The summed E-state index contributed by atoms with van der Waals surface area (Å²) in [5.41, 5.74) is 5.50. The average molecular weight is 270 g/mol. The van der Waals surface area contributed by atoms with Crippen LogP contribution >= 0.6 is 0 Å². The van der Waals surface area contributed by atoms with Gasteiger partial charge in [-0.3, -0.25) is 0 Å². The van der Waals surface area contributed by atoms with Gasteiger partial charge in [-0.05, 0) is 31.0 Å². The predicted molar refractivity (Wildman–Crippen MR) is 69.0 cm³/mol. The lowest BCUT2D eigenvalue weighted by atomic mass is 9.78. The van der Waals surface area contributed by atoms with Gasteiger partial charge in [0.2, 0.25) is 0 Å². The SMILES string of the molecule is Nc1ccc(N2CC3(CCCC3)C2)cc1C(F)(F)F. The molecule has 2 N–H and O–H groups in total. The Balaban J connectivity index is 1.80. The van der Waals surface area contributed by atoms with Gasteiger partial charge in [-0.1, -0.05) is 12.8 Å². The van der Waals surface area contributed by atoms with Crippen molar-refractivity contribution in [3.05, 3.63) is 23.8 Å². The van der Waals surface area contributed by atoms with E-state index in [2.05, 4.69) is 0 Å². The lowest BCUT2D eigenvalue weighted by Crippen LogP contribution is -2.55. The van der Waals surface area contributed by atoms with Gasteiger partial charge in [0.25, 0.3) is 0 Å². The lowest BCUT2D eigenvalue weighted by Gasteiger charge is -2.50. The van der Waals surface area contributed by atoms with Crippen molar-refractivity contribution in [3.63, 3.8) is 0 Å². The van der Waals surface area contributed by atoms with Gasteiger partial charge in [-0.2, -0.15) is 13.2 Å². The summed E-state index contributed by atoms with van der Waals surface area (Å²) in [7, 11) is 0. The quantitative estimate of drug-likeness (QED) is 0.789. The standard InChI is InChI=1S/C14H17F3N2/c15-14(16,17)11-7-10(3-4-12(11)18)19-8-13(9-19)5-1-2-6-13/h3-4,7H,1-2,5-6,8-9,18H2. The van der Waals surface area contributed by atoms with Crippen LogP contribution in [0.15, 0.2) is 18.2 Å². The Morgan fingerprint density at radius 1 is 1.11 bits per heavy atom. The maximum Gasteiger partial charge on any atom is 0.418 e. The van der Waals surface area contributed by atoms with Gasteiger partial charge < -0.3 is 10.6 Å². The van der Waals surface area contributed by atoms with E-state index >= 15 is 0 Å². The summed E-state index contributed by atoms with van der Waals surface area (Å²) < 4.78 is 38.4. The Labute approximate surface area is 110 Å². The molecule has 2 aliphatic rings. The molecule has 3 rings (SSSR count). The first kappa shape index (κ1) is 12.6. The van der Waals surface area contributed by atoms with Gasteiger partial charge in [0.15, 0.2) is 0 Å². The number of nitrogens with zero attached hydrogens (tertiary/aromatic N) is 1. The highest BCUT2D eigenvalue weighted by Gasteiger charge is 2.45. The summed E-state index contributed by atoms with van der Waals surface area (Å²) in [5, 5.41) is 0. The summed E-state index contributed by atoms with van der Waals surface area (Å²) in [6.45, 7) is 1.77. The number of nitrogens with two attached hydrogens (primary N) is 1. The molecule has 1 saturated carbocycles. The Kier molecular flexibility index (Phi) is 2.69. The fourth-order valence-electron chi connectivity index (χ4n) is 3.37. The number of hydrogen-bond donors (Lipinski definition) is 1. The number of hydrogen-bond acceptors (Lipinski definition) is 2. The second-order valence-corrected chi connectivity index (χ2v) is 5.83. The third-order valence-electron chi connectivity index (χ3n) is 4.42. The van der Waals surface area contributed by atoms with Gasteiger partial charge >= 0.3 is 6.18 Å². The van der Waals surface area contributed by atoms with Crippen molar-refractivity contribution in [3.8, 4) is 0 Å². The zero-order valence-electron chi connectivity index (χ0n) is 10.6. The second kappa shape index (κ2) is 4.05. The number of nitrogen functional groups attached to an aromatic ring is 1. The van der Waals surface area contributed by atoms with E-state index < -0.39 is 11.7 Å². The average Bonchev–Trinajstić information content (AvgIpc) is 2.75. The first-order chi connectivity index (χ1) is 8.90. The van der Waals surface area contributed by atoms with Crippen LogP contribution in [0.4, 0.5) is 24.5 Å². The summed E-state index contributed by atoms with van der Waals surface area (Å²) in [6.07, 6.45) is 0.554. The molecule has 1 saturated heterocycles. The first-order valence-corrected chi connectivity index (χ1v) is 6.61. The number of anilines is 2. The minimum Gasteiger partial charge on any atom is -0.398 e.